The predicted octanol–water partition coefficient (Wildman–Crippen LogP) is 2.38. The maximum atomic E-state index is 11.8. The average Bonchev–Trinajstić information content (AvgIpc) is 2.16. The van der Waals surface area contributed by atoms with Gasteiger partial charge in [0.1, 0.15) is 5.60 Å². The van der Waals surface area contributed by atoms with Gasteiger partial charge in [-0.1, -0.05) is 0 Å². The first-order valence-electron chi connectivity index (χ1n) is 5.74. The molecule has 0 radical (unpaired) electrons. The number of ether oxygens (including phenoxy) is 1. The van der Waals surface area contributed by atoms with Gasteiger partial charge in [-0.25, -0.2) is 9.63 Å². The van der Waals surface area contributed by atoms with Crippen LogP contribution in [0.15, 0.2) is 0 Å². The summed E-state index contributed by atoms with van der Waals surface area (Å²) in [5, 5.41) is 0. The number of nitrogens with zero attached hydrogens (tertiary/aromatic N) is 1. The number of halogens is 1. The summed E-state index contributed by atoms with van der Waals surface area (Å²) in [6, 6.07) is 0. The largest absolute Gasteiger partial charge is 0.444 e. The van der Waals surface area contributed by atoms with E-state index >= 15 is 0 Å². The van der Waals surface area contributed by atoms with Crippen molar-refractivity contribution in [3.8, 4) is 0 Å². The van der Waals surface area contributed by atoms with E-state index in [9.17, 15) is 4.79 Å². The molecule has 1 rings (SSSR count). The Morgan fingerprint density at radius 1 is 1.56 bits per heavy atom. The lowest BCUT2D eigenvalue weighted by Gasteiger charge is -2.33. The van der Waals surface area contributed by atoms with Crippen molar-refractivity contribution < 1.29 is 9.53 Å². The Morgan fingerprint density at radius 2 is 2.25 bits per heavy atom. The molecule has 0 saturated carbocycles. The highest BCUT2D eigenvalue weighted by molar-refractivity contribution is 6.13. The van der Waals surface area contributed by atoms with Gasteiger partial charge >= 0.3 is 6.09 Å². The number of carbonyl (C=O) groups is 1. The van der Waals surface area contributed by atoms with E-state index in [0.717, 1.165) is 32.5 Å². The van der Waals surface area contributed by atoms with Gasteiger partial charge in [-0.05, 0) is 51.3 Å². The van der Waals surface area contributed by atoms with Crippen LogP contribution in [0.2, 0.25) is 0 Å². The van der Waals surface area contributed by atoms with Crippen molar-refractivity contribution in [1.29, 1.82) is 0 Å². The number of likely N-dealkylation sites (tertiary alicyclic amines) is 1. The van der Waals surface area contributed by atoms with Gasteiger partial charge in [0, 0.05) is 19.6 Å². The standard InChI is InChI=1S/C11H21ClN2O2/c1-11(2,3)16-10(15)14-6-4-5-9(8-14)7-13-12/h9,13H,4-8H2,1-3H3. The molecule has 1 aliphatic rings. The van der Waals surface area contributed by atoms with E-state index in [0.29, 0.717) is 5.92 Å². The fourth-order valence-electron chi connectivity index (χ4n) is 1.83. The van der Waals surface area contributed by atoms with E-state index in [2.05, 4.69) is 4.84 Å². The van der Waals surface area contributed by atoms with Crippen molar-refractivity contribution in [2.45, 2.75) is 39.2 Å². The number of carbonyl (C=O) groups excluding carboxylic acids is 1. The topological polar surface area (TPSA) is 41.6 Å². The Balaban J connectivity index is 2.44. The van der Waals surface area contributed by atoms with Crippen molar-refractivity contribution in [2.24, 2.45) is 5.92 Å². The molecule has 1 atom stereocenters. The summed E-state index contributed by atoms with van der Waals surface area (Å²) < 4.78 is 5.34. The second-order valence-electron chi connectivity index (χ2n) is 5.27. The van der Waals surface area contributed by atoms with Crippen LogP contribution in [0.5, 0.6) is 0 Å². The van der Waals surface area contributed by atoms with Gasteiger partial charge in [-0.2, -0.15) is 0 Å². The van der Waals surface area contributed by atoms with Crippen molar-refractivity contribution >= 4 is 17.9 Å². The summed E-state index contributed by atoms with van der Waals surface area (Å²) in [4.78, 5) is 16.2. The molecule has 0 aromatic heterocycles. The van der Waals surface area contributed by atoms with Crippen molar-refractivity contribution in [1.82, 2.24) is 9.74 Å². The quantitative estimate of drug-likeness (QED) is 0.763. The maximum Gasteiger partial charge on any atom is 0.410 e. The van der Waals surface area contributed by atoms with Crippen LogP contribution in [0.25, 0.3) is 0 Å². The third kappa shape index (κ3) is 4.58. The first-order valence-corrected chi connectivity index (χ1v) is 6.11. The molecule has 0 aromatic rings. The molecule has 0 aromatic carbocycles. The zero-order chi connectivity index (χ0) is 12.2. The molecule has 94 valence electrons. The average molecular weight is 249 g/mol. The van der Waals surface area contributed by atoms with Gasteiger partial charge in [0.25, 0.3) is 0 Å². The summed E-state index contributed by atoms with van der Waals surface area (Å²) in [6.45, 7) is 7.90. The molecule has 0 aliphatic carbocycles. The molecule has 0 spiro atoms. The van der Waals surface area contributed by atoms with E-state index in [1.807, 2.05) is 20.8 Å². The SMILES string of the molecule is CC(C)(C)OC(=O)N1CCCC(CNCl)C1. The van der Waals surface area contributed by atoms with Crippen LogP contribution in [0.3, 0.4) is 0 Å². The molecule has 0 bridgehead atoms. The Hall–Kier alpha value is -0.480. The number of nitrogens with one attached hydrogen (secondary N) is 1. The van der Waals surface area contributed by atoms with E-state index in [1.165, 1.54) is 0 Å². The van der Waals surface area contributed by atoms with Gasteiger partial charge in [-0.3, -0.25) is 0 Å². The van der Waals surface area contributed by atoms with E-state index in [-0.39, 0.29) is 6.09 Å². The fourth-order valence-corrected chi connectivity index (χ4v) is 2.05. The number of hydrogen-bond acceptors (Lipinski definition) is 3. The highest BCUT2D eigenvalue weighted by Crippen LogP contribution is 2.18. The van der Waals surface area contributed by atoms with Gasteiger partial charge in [0.05, 0.1) is 0 Å². The van der Waals surface area contributed by atoms with E-state index in [4.69, 9.17) is 16.5 Å². The van der Waals surface area contributed by atoms with Crippen LogP contribution in [0, 0.1) is 5.92 Å². The Bertz CT molecular complexity index is 239. The third-order valence-electron chi connectivity index (χ3n) is 2.54. The maximum absolute atomic E-state index is 11.8. The Labute approximate surface area is 102 Å². The van der Waals surface area contributed by atoms with Crippen LogP contribution in [0.1, 0.15) is 33.6 Å². The molecule has 1 aliphatic heterocycles. The highest BCUT2D eigenvalue weighted by atomic mass is 35.5. The molecule has 1 saturated heterocycles. The lowest BCUT2D eigenvalue weighted by molar-refractivity contribution is 0.0169. The fraction of sp³-hybridized carbons (Fsp3) is 0.909. The number of hydrogen-bond donors (Lipinski definition) is 1. The first kappa shape index (κ1) is 13.6. The third-order valence-corrected chi connectivity index (χ3v) is 2.69. The second kappa shape index (κ2) is 5.73. The molecule has 1 fully saturated rings. The zero-order valence-corrected chi connectivity index (χ0v) is 11.0. The molecule has 1 N–H and O–H groups in total. The predicted molar refractivity (Wildman–Crippen MR) is 64.4 cm³/mol. The molecular formula is C11H21ClN2O2. The minimum Gasteiger partial charge on any atom is -0.444 e. The molecule has 1 heterocycles. The van der Waals surface area contributed by atoms with Gasteiger partial charge < -0.3 is 9.64 Å². The Morgan fingerprint density at radius 3 is 2.81 bits per heavy atom. The number of piperidine rings is 1. The van der Waals surface area contributed by atoms with Crippen molar-refractivity contribution in [3.05, 3.63) is 0 Å². The highest BCUT2D eigenvalue weighted by Gasteiger charge is 2.27. The first-order chi connectivity index (χ1) is 7.42. The van der Waals surface area contributed by atoms with Gasteiger partial charge in [-0.15, -0.1) is 0 Å². The van der Waals surface area contributed by atoms with E-state index in [1.54, 1.807) is 4.90 Å². The molecule has 16 heavy (non-hydrogen) atoms. The summed E-state index contributed by atoms with van der Waals surface area (Å²) in [5.41, 5.74) is -0.422. The normalized spacial score (nSPS) is 22.0. The summed E-state index contributed by atoms with van der Waals surface area (Å²) in [6.07, 6.45) is 1.91. The van der Waals surface area contributed by atoms with Crippen LogP contribution >= 0.6 is 11.8 Å². The lowest BCUT2D eigenvalue weighted by Crippen LogP contribution is -2.44. The number of rotatable bonds is 2. The monoisotopic (exact) mass is 248 g/mol. The van der Waals surface area contributed by atoms with E-state index < -0.39 is 5.60 Å². The minimum atomic E-state index is -0.422. The molecule has 4 nitrogen and oxygen atoms in total. The smallest absolute Gasteiger partial charge is 0.410 e. The summed E-state index contributed by atoms with van der Waals surface area (Å²) in [5.74, 6) is 0.429. The Kier molecular flexibility index (Phi) is 4.87. The minimum absolute atomic E-state index is 0.216. The van der Waals surface area contributed by atoms with Gasteiger partial charge in [0.2, 0.25) is 0 Å². The van der Waals surface area contributed by atoms with Crippen molar-refractivity contribution in [3.63, 3.8) is 0 Å². The summed E-state index contributed by atoms with van der Waals surface area (Å²) in [7, 11) is 0. The van der Waals surface area contributed by atoms with Crippen LogP contribution in [0.4, 0.5) is 4.79 Å². The zero-order valence-electron chi connectivity index (χ0n) is 10.3. The number of amides is 1. The second-order valence-corrected chi connectivity index (χ2v) is 5.54. The van der Waals surface area contributed by atoms with Gasteiger partial charge in [0.15, 0.2) is 0 Å². The molecule has 1 unspecified atom stereocenters. The lowest BCUT2D eigenvalue weighted by atomic mass is 9.99. The summed E-state index contributed by atoms with van der Waals surface area (Å²) >= 11 is 5.48. The molecular weight excluding hydrogens is 228 g/mol. The van der Waals surface area contributed by atoms with Crippen LogP contribution in [-0.4, -0.2) is 36.2 Å². The van der Waals surface area contributed by atoms with Crippen LogP contribution in [-0.2, 0) is 4.74 Å². The molecule has 5 heteroatoms. The van der Waals surface area contributed by atoms with Crippen molar-refractivity contribution in [2.75, 3.05) is 19.6 Å². The van der Waals surface area contributed by atoms with Crippen LogP contribution < -0.4 is 4.84 Å². The molecule has 1 amide bonds.